The number of benzene rings is 1. The van der Waals surface area contributed by atoms with Crippen LogP contribution in [0.15, 0.2) is 30.3 Å². The van der Waals surface area contributed by atoms with E-state index in [0.29, 0.717) is 13.1 Å². The van der Waals surface area contributed by atoms with Crippen LogP contribution in [0.1, 0.15) is 12.8 Å². The number of aliphatic carboxylic acids is 1. The van der Waals surface area contributed by atoms with Gasteiger partial charge in [0, 0.05) is 32.2 Å². The van der Waals surface area contributed by atoms with E-state index in [1.165, 1.54) is 0 Å². The van der Waals surface area contributed by atoms with Crippen molar-refractivity contribution < 1.29 is 14.7 Å². The minimum absolute atomic E-state index is 0.0703. The number of urea groups is 1. The highest BCUT2D eigenvalue weighted by atomic mass is 16.4. The third-order valence-corrected chi connectivity index (χ3v) is 3.45. The molecule has 0 saturated carbocycles. The molecule has 2 amide bonds. The van der Waals surface area contributed by atoms with Gasteiger partial charge in [-0.05, 0) is 24.5 Å². The summed E-state index contributed by atoms with van der Waals surface area (Å²) in [5.74, 6) is -0.721. The van der Waals surface area contributed by atoms with Gasteiger partial charge in [0.2, 0.25) is 0 Å². The van der Waals surface area contributed by atoms with Crippen LogP contribution in [0.4, 0.5) is 10.5 Å². The highest BCUT2D eigenvalue weighted by molar-refractivity contribution is 5.91. The summed E-state index contributed by atoms with van der Waals surface area (Å²) in [7, 11) is 1.74. The summed E-state index contributed by atoms with van der Waals surface area (Å²) in [6.45, 7) is 1.16. The first-order valence-electron chi connectivity index (χ1n) is 6.37. The van der Waals surface area contributed by atoms with Crippen LogP contribution in [0.5, 0.6) is 0 Å². The molecule has 0 aromatic heterocycles. The Balaban J connectivity index is 1.96. The molecule has 0 radical (unpaired) electrons. The zero-order valence-corrected chi connectivity index (χ0v) is 11.0. The molecule has 2 rings (SSSR count). The molecule has 1 aliphatic heterocycles. The molecular formula is C14H18N2O3. The van der Waals surface area contributed by atoms with Crippen molar-refractivity contribution in [3.63, 3.8) is 0 Å². The Morgan fingerprint density at radius 3 is 2.68 bits per heavy atom. The maximum atomic E-state index is 12.3. The molecule has 0 bridgehead atoms. The Labute approximate surface area is 112 Å². The minimum atomic E-state index is -0.796. The fraction of sp³-hybridized carbons (Fsp3) is 0.429. The summed E-state index contributed by atoms with van der Waals surface area (Å²) in [5, 5.41) is 8.77. The number of likely N-dealkylation sites (tertiary alicyclic amines) is 1. The molecule has 1 fully saturated rings. The maximum Gasteiger partial charge on any atom is 0.324 e. The Bertz CT molecular complexity index is 461. The average molecular weight is 262 g/mol. The molecule has 1 aliphatic rings. The quantitative estimate of drug-likeness (QED) is 0.906. The van der Waals surface area contributed by atoms with Gasteiger partial charge in [-0.3, -0.25) is 9.69 Å². The minimum Gasteiger partial charge on any atom is -0.481 e. The fourth-order valence-corrected chi connectivity index (χ4v) is 2.39. The lowest BCUT2D eigenvalue weighted by molar-refractivity contribution is -0.138. The van der Waals surface area contributed by atoms with Crippen molar-refractivity contribution in [3.05, 3.63) is 30.3 Å². The van der Waals surface area contributed by atoms with Crippen molar-refractivity contribution in [1.29, 1.82) is 0 Å². The molecule has 1 saturated heterocycles. The lowest BCUT2D eigenvalue weighted by atomic mass is 10.1. The van der Waals surface area contributed by atoms with E-state index in [2.05, 4.69) is 0 Å². The number of carbonyl (C=O) groups excluding carboxylic acids is 1. The second-order valence-electron chi connectivity index (χ2n) is 4.88. The van der Waals surface area contributed by atoms with Crippen molar-refractivity contribution in [3.8, 4) is 0 Å². The Kier molecular flexibility index (Phi) is 4.04. The lowest BCUT2D eigenvalue weighted by Crippen LogP contribution is -2.40. The third kappa shape index (κ3) is 3.24. The van der Waals surface area contributed by atoms with Crippen LogP contribution in [0.2, 0.25) is 0 Å². The maximum absolute atomic E-state index is 12.3. The van der Waals surface area contributed by atoms with E-state index in [0.717, 1.165) is 12.1 Å². The number of carboxylic acid groups (broad SMARTS) is 1. The molecule has 0 aliphatic carbocycles. The number of hydrogen-bond acceptors (Lipinski definition) is 2. The number of carbonyl (C=O) groups is 2. The summed E-state index contributed by atoms with van der Waals surface area (Å²) in [4.78, 5) is 26.3. The topological polar surface area (TPSA) is 60.9 Å². The van der Waals surface area contributed by atoms with Gasteiger partial charge in [0.05, 0.1) is 0 Å². The molecule has 5 nitrogen and oxygen atoms in total. The third-order valence-electron chi connectivity index (χ3n) is 3.45. The summed E-state index contributed by atoms with van der Waals surface area (Å²) in [5.41, 5.74) is 0.842. The Morgan fingerprint density at radius 1 is 1.37 bits per heavy atom. The molecule has 1 aromatic carbocycles. The van der Waals surface area contributed by atoms with Crippen LogP contribution in [-0.2, 0) is 4.79 Å². The van der Waals surface area contributed by atoms with Crippen LogP contribution < -0.4 is 4.90 Å². The van der Waals surface area contributed by atoms with E-state index >= 15 is 0 Å². The van der Waals surface area contributed by atoms with Gasteiger partial charge in [0.25, 0.3) is 0 Å². The Morgan fingerprint density at radius 2 is 2.05 bits per heavy atom. The van der Waals surface area contributed by atoms with Gasteiger partial charge < -0.3 is 10.0 Å². The molecule has 102 valence electrons. The van der Waals surface area contributed by atoms with E-state index in [-0.39, 0.29) is 18.4 Å². The van der Waals surface area contributed by atoms with E-state index < -0.39 is 5.97 Å². The highest BCUT2D eigenvalue weighted by Crippen LogP contribution is 2.22. The molecule has 1 heterocycles. The van der Waals surface area contributed by atoms with Gasteiger partial charge in [-0.1, -0.05) is 18.2 Å². The predicted octanol–water partition coefficient (Wildman–Crippen LogP) is 2.04. The number of anilines is 1. The number of nitrogens with zero attached hydrogens (tertiary/aromatic N) is 2. The number of carboxylic acids is 1. The van der Waals surface area contributed by atoms with E-state index in [1.54, 1.807) is 16.8 Å². The van der Waals surface area contributed by atoms with Crippen molar-refractivity contribution in [2.75, 3.05) is 25.0 Å². The van der Waals surface area contributed by atoms with Gasteiger partial charge in [0.1, 0.15) is 0 Å². The molecular weight excluding hydrogens is 244 g/mol. The zero-order chi connectivity index (χ0) is 13.8. The van der Waals surface area contributed by atoms with Gasteiger partial charge in [-0.25, -0.2) is 4.79 Å². The molecule has 19 heavy (non-hydrogen) atoms. The second-order valence-corrected chi connectivity index (χ2v) is 4.88. The Hall–Kier alpha value is -2.04. The van der Waals surface area contributed by atoms with Gasteiger partial charge in [-0.2, -0.15) is 0 Å². The molecule has 5 heteroatoms. The summed E-state index contributed by atoms with van der Waals surface area (Å²) < 4.78 is 0. The van der Waals surface area contributed by atoms with Crippen molar-refractivity contribution >= 4 is 17.7 Å². The monoisotopic (exact) mass is 262 g/mol. The first-order valence-corrected chi connectivity index (χ1v) is 6.37. The van der Waals surface area contributed by atoms with Crippen LogP contribution in [0.25, 0.3) is 0 Å². The molecule has 1 aromatic rings. The van der Waals surface area contributed by atoms with Gasteiger partial charge >= 0.3 is 12.0 Å². The molecule has 1 unspecified atom stereocenters. The normalized spacial score (nSPS) is 18.4. The van der Waals surface area contributed by atoms with Gasteiger partial charge in [-0.15, -0.1) is 0 Å². The lowest BCUT2D eigenvalue weighted by Gasteiger charge is -2.24. The van der Waals surface area contributed by atoms with E-state index in [1.807, 2.05) is 30.3 Å². The second kappa shape index (κ2) is 5.73. The summed E-state index contributed by atoms with van der Waals surface area (Å²) >= 11 is 0. The number of amides is 2. The molecule has 0 spiro atoms. The van der Waals surface area contributed by atoms with Crippen LogP contribution in [0, 0.1) is 5.92 Å². The first kappa shape index (κ1) is 13.4. The first-order chi connectivity index (χ1) is 9.08. The van der Waals surface area contributed by atoms with Gasteiger partial charge in [0.15, 0.2) is 0 Å². The fourth-order valence-electron chi connectivity index (χ4n) is 2.39. The van der Waals surface area contributed by atoms with E-state index in [9.17, 15) is 9.59 Å². The van der Waals surface area contributed by atoms with Crippen LogP contribution in [-0.4, -0.2) is 42.1 Å². The SMILES string of the molecule is CN(C(=O)N1CCC(CC(=O)O)C1)c1ccccc1. The van der Waals surface area contributed by atoms with Crippen molar-refractivity contribution in [2.24, 2.45) is 5.92 Å². The largest absolute Gasteiger partial charge is 0.481 e. The van der Waals surface area contributed by atoms with Crippen molar-refractivity contribution in [2.45, 2.75) is 12.8 Å². The average Bonchev–Trinajstić information content (AvgIpc) is 2.85. The van der Waals surface area contributed by atoms with Crippen LogP contribution >= 0.6 is 0 Å². The summed E-state index contributed by atoms with van der Waals surface area (Å²) in [6.07, 6.45) is 0.902. The molecule has 1 N–H and O–H groups in total. The van der Waals surface area contributed by atoms with E-state index in [4.69, 9.17) is 5.11 Å². The molecule has 1 atom stereocenters. The van der Waals surface area contributed by atoms with Crippen LogP contribution in [0.3, 0.4) is 0 Å². The standard InChI is InChI=1S/C14H18N2O3/c1-15(12-5-3-2-4-6-12)14(19)16-8-7-11(10-16)9-13(17)18/h2-6,11H,7-10H2,1H3,(H,17,18). The van der Waals surface area contributed by atoms with Crippen molar-refractivity contribution in [1.82, 2.24) is 4.90 Å². The number of rotatable bonds is 3. The highest BCUT2D eigenvalue weighted by Gasteiger charge is 2.29. The zero-order valence-electron chi connectivity index (χ0n) is 11.0. The summed E-state index contributed by atoms with van der Waals surface area (Å²) in [6, 6.07) is 9.36. The number of para-hydroxylation sites is 1. The smallest absolute Gasteiger partial charge is 0.324 e. The number of hydrogen-bond donors (Lipinski definition) is 1. The predicted molar refractivity (Wildman–Crippen MR) is 72.2 cm³/mol.